The van der Waals surface area contributed by atoms with Crippen molar-refractivity contribution in [1.82, 2.24) is 0 Å². The van der Waals surface area contributed by atoms with Crippen LogP contribution in [0.2, 0.25) is 0 Å². The number of aliphatic hydroxyl groups excluding tert-OH is 1. The number of hydrogen-bond acceptors (Lipinski definition) is 4. The van der Waals surface area contributed by atoms with Gasteiger partial charge in [-0.3, -0.25) is 4.79 Å². The minimum absolute atomic E-state index is 0.153. The van der Waals surface area contributed by atoms with E-state index in [1.54, 1.807) is 6.07 Å². The second-order valence-corrected chi connectivity index (χ2v) is 6.47. The number of hydrogen-bond donors (Lipinski definition) is 3. The zero-order valence-corrected chi connectivity index (χ0v) is 14.6. The van der Waals surface area contributed by atoms with Gasteiger partial charge < -0.3 is 20.5 Å². The van der Waals surface area contributed by atoms with Crippen LogP contribution >= 0.6 is 0 Å². The first-order chi connectivity index (χ1) is 12.1. The van der Waals surface area contributed by atoms with E-state index in [1.165, 1.54) is 11.1 Å². The minimum atomic E-state index is -0.524. The van der Waals surface area contributed by atoms with Crippen molar-refractivity contribution in [3.8, 4) is 5.75 Å². The highest BCUT2D eigenvalue weighted by atomic mass is 16.5. The van der Waals surface area contributed by atoms with E-state index in [9.17, 15) is 4.79 Å². The van der Waals surface area contributed by atoms with Crippen molar-refractivity contribution in [3.05, 3.63) is 53.1 Å². The molecule has 0 saturated carbocycles. The number of carbonyl (C=O) groups is 1. The molecule has 5 nitrogen and oxygen atoms in total. The Kier molecular flexibility index (Phi) is 5.24. The van der Waals surface area contributed by atoms with Crippen molar-refractivity contribution in [2.75, 3.05) is 23.8 Å². The molecule has 3 N–H and O–H groups in total. The number of rotatable bonds is 4. The van der Waals surface area contributed by atoms with E-state index in [1.807, 2.05) is 18.2 Å². The Morgan fingerprint density at radius 2 is 2.04 bits per heavy atom. The lowest BCUT2D eigenvalue weighted by atomic mass is 9.97. The van der Waals surface area contributed by atoms with Gasteiger partial charge in [-0.25, -0.2) is 0 Å². The highest BCUT2D eigenvalue weighted by molar-refractivity contribution is 5.92. The minimum Gasteiger partial charge on any atom is -0.493 e. The van der Waals surface area contributed by atoms with Crippen LogP contribution in [-0.2, 0) is 4.79 Å². The van der Waals surface area contributed by atoms with Gasteiger partial charge in [0.1, 0.15) is 12.4 Å². The Balaban J connectivity index is 1.86. The van der Waals surface area contributed by atoms with Gasteiger partial charge in [-0.1, -0.05) is 23.8 Å². The first kappa shape index (κ1) is 17.3. The molecule has 25 heavy (non-hydrogen) atoms. The number of amides is 1. The van der Waals surface area contributed by atoms with E-state index >= 15 is 0 Å². The average molecular weight is 340 g/mol. The van der Waals surface area contributed by atoms with Crippen LogP contribution < -0.4 is 15.4 Å². The third-order valence-corrected chi connectivity index (χ3v) is 4.34. The quantitative estimate of drug-likeness (QED) is 0.796. The molecular weight excluding hydrogens is 316 g/mol. The third-order valence-electron chi connectivity index (χ3n) is 4.34. The van der Waals surface area contributed by atoms with Gasteiger partial charge in [0.15, 0.2) is 0 Å². The Labute approximate surface area is 148 Å². The molecule has 132 valence electrons. The largest absolute Gasteiger partial charge is 0.493 e. The number of benzene rings is 2. The van der Waals surface area contributed by atoms with Gasteiger partial charge in [0, 0.05) is 16.9 Å². The Morgan fingerprint density at radius 3 is 2.84 bits per heavy atom. The van der Waals surface area contributed by atoms with Crippen LogP contribution in [0.4, 0.5) is 11.4 Å². The maximum atomic E-state index is 11.4. The summed E-state index contributed by atoms with van der Waals surface area (Å²) in [6, 6.07) is 12.0. The van der Waals surface area contributed by atoms with Gasteiger partial charge in [-0.05, 0) is 50.5 Å². The zero-order chi connectivity index (χ0) is 17.8. The summed E-state index contributed by atoms with van der Waals surface area (Å²) in [4.78, 5) is 11.4. The highest BCUT2D eigenvalue weighted by Gasteiger charge is 2.21. The van der Waals surface area contributed by atoms with Crippen molar-refractivity contribution in [2.45, 2.75) is 32.7 Å². The molecule has 1 heterocycles. The number of nitrogens with one attached hydrogen (secondary N) is 2. The SMILES string of the molecule is Cc1cc(C)c2c(c1)C(Nc1cccc(NC(=O)CO)c1)CCCO2. The Bertz CT molecular complexity index is 774. The monoisotopic (exact) mass is 340 g/mol. The topological polar surface area (TPSA) is 70.6 Å². The lowest BCUT2D eigenvalue weighted by Gasteiger charge is -2.21. The molecule has 0 fully saturated rings. The predicted molar refractivity (Wildman–Crippen MR) is 99.2 cm³/mol. The molecule has 1 aliphatic rings. The van der Waals surface area contributed by atoms with E-state index < -0.39 is 12.5 Å². The Hall–Kier alpha value is -2.53. The van der Waals surface area contributed by atoms with E-state index in [4.69, 9.17) is 9.84 Å². The lowest BCUT2D eigenvalue weighted by Crippen LogP contribution is -2.16. The molecule has 1 amide bonds. The summed E-state index contributed by atoms with van der Waals surface area (Å²) in [5, 5.41) is 15.1. The van der Waals surface area contributed by atoms with Crippen LogP contribution in [-0.4, -0.2) is 24.2 Å². The molecule has 1 unspecified atom stereocenters. The number of anilines is 2. The fourth-order valence-corrected chi connectivity index (χ4v) is 3.30. The molecule has 0 saturated heterocycles. The van der Waals surface area contributed by atoms with Gasteiger partial charge in [-0.2, -0.15) is 0 Å². The van der Waals surface area contributed by atoms with Crippen LogP contribution in [0.3, 0.4) is 0 Å². The van der Waals surface area contributed by atoms with Gasteiger partial charge in [0.2, 0.25) is 5.91 Å². The molecule has 0 bridgehead atoms. The molecule has 1 atom stereocenters. The molecule has 3 rings (SSSR count). The molecule has 0 aliphatic carbocycles. The van der Waals surface area contributed by atoms with Gasteiger partial charge in [0.05, 0.1) is 12.6 Å². The maximum absolute atomic E-state index is 11.4. The van der Waals surface area contributed by atoms with Crippen molar-refractivity contribution < 1.29 is 14.6 Å². The molecule has 2 aromatic carbocycles. The standard InChI is InChI=1S/C20H24N2O3/c1-13-9-14(2)20-17(10-13)18(7-4-8-25-20)21-15-5-3-6-16(11-15)22-19(24)12-23/h3,5-6,9-11,18,21,23H,4,7-8,12H2,1-2H3,(H,22,24). The van der Waals surface area contributed by atoms with Crippen molar-refractivity contribution >= 4 is 17.3 Å². The fourth-order valence-electron chi connectivity index (χ4n) is 3.30. The summed E-state index contributed by atoms with van der Waals surface area (Å²) in [5.74, 6) is 0.557. The Morgan fingerprint density at radius 1 is 1.24 bits per heavy atom. The van der Waals surface area contributed by atoms with E-state index in [0.29, 0.717) is 5.69 Å². The maximum Gasteiger partial charge on any atom is 0.250 e. The molecule has 2 aromatic rings. The second-order valence-electron chi connectivity index (χ2n) is 6.47. The van der Waals surface area contributed by atoms with E-state index in [0.717, 1.165) is 36.4 Å². The van der Waals surface area contributed by atoms with Crippen LogP contribution in [0.25, 0.3) is 0 Å². The summed E-state index contributed by atoms with van der Waals surface area (Å²) >= 11 is 0. The fraction of sp³-hybridized carbons (Fsp3) is 0.350. The molecule has 5 heteroatoms. The van der Waals surface area contributed by atoms with Gasteiger partial charge in [0.25, 0.3) is 0 Å². The number of fused-ring (bicyclic) bond motifs is 1. The number of ether oxygens (including phenoxy) is 1. The number of aryl methyl sites for hydroxylation is 2. The number of aliphatic hydroxyl groups is 1. The second kappa shape index (κ2) is 7.57. The molecule has 0 aromatic heterocycles. The molecular formula is C20H24N2O3. The van der Waals surface area contributed by atoms with Crippen LogP contribution in [0.5, 0.6) is 5.75 Å². The smallest absolute Gasteiger partial charge is 0.250 e. The van der Waals surface area contributed by atoms with Crippen LogP contribution in [0.15, 0.2) is 36.4 Å². The van der Waals surface area contributed by atoms with Gasteiger partial charge in [-0.15, -0.1) is 0 Å². The summed E-state index contributed by atoms with van der Waals surface area (Å²) in [5.41, 5.74) is 5.15. The molecule has 0 spiro atoms. The predicted octanol–water partition coefficient (Wildman–Crippen LogP) is 3.56. The van der Waals surface area contributed by atoms with Crippen LogP contribution in [0, 0.1) is 13.8 Å². The van der Waals surface area contributed by atoms with Crippen molar-refractivity contribution in [1.29, 1.82) is 0 Å². The first-order valence-electron chi connectivity index (χ1n) is 8.58. The summed E-state index contributed by atoms with van der Waals surface area (Å²) < 4.78 is 5.97. The lowest BCUT2D eigenvalue weighted by molar-refractivity contribution is -0.118. The van der Waals surface area contributed by atoms with Crippen molar-refractivity contribution in [2.24, 2.45) is 0 Å². The van der Waals surface area contributed by atoms with E-state index in [2.05, 4.69) is 36.6 Å². The zero-order valence-electron chi connectivity index (χ0n) is 14.6. The van der Waals surface area contributed by atoms with Crippen LogP contribution in [0.1, 0.15) is 35.6 Å². The summed E-state index contributed by atoms with van der Waals surface area (Å²) in [7, 11) is 0. The van der Waals surface area contributed by atoms with E-state index in [-0.39, 0.29) is 6.04 Å². The number of carbonyl (C=O) groups excluding carboxylic acids is 1. The molecule has 1 aliphatic heterocycles. The molecule has 0 radical (unpaired) electrons. The van der Waals surface area contributed by atoms with Crippen molar-refractivity contribution in [3.63, 3.8) is 0 Å². The summed E-state index contributed by atoms with van der Waals surface area (Å²) in [6.45, 7) is 4.38. The summed E-state index contributed by atoms with van der Waals surface area (Å²) in [6.07, 6.45) is 1.95. The average Bonchev–Trinajstić information content (AvgIpc) is 2.78. The normalized spacial score (nSPS) is 16.4. The van der Waals surface area contributed by atoms with Gasteiger partial charge >= 0.3 is 0 Å². The highest BCUT2D eigenvalue weighted by Crippen LogP contribution is 2.37. The first-order valence-corrected chi connectivity index (χ1v) is 8.58. The third kappa shape index (κ3) is 4.12.